The lowest BCUT2D eigenvalue weighted by Gasteiger charge is -2.40. The largest absolute Gasteiger partial charge is 0.343 e. The van der Waals surface area contributed by atoms with Crippen molar-refractivity contribution in [3.05, 3.63) is 12.2 Å². The third-order valence-electron chi connectivity index (χ3n) is 3.81. The van der Waals surface area contributed by atoms with E-state index in [0.717, 1.165) is 11.7 Å². The van der Waals surface area contributed by atoms with E-state index in [2.05, 4.69) is 36.2 Å². The summed E-state index contributed by atoms with van der Waals surface area (Å²) >= 11 is 0. The number of hydrogen-bond donors (Lipinski definition) is 1. The van der Waals surface area contributed by atoms with Crippen LogP contribution in [0.1, 0.15) is 52.3 Å². The lowest BCUT2D eigenvalue weighted by Crippen LogP contribution is -2.44. The van der Waals surface area contributed by atoms with E-state index in [1.165, 1.54) is 32.1 Å². The standard InChI is InChI=1S/C13H23N3O/c1-13(2,3)10-6-4-5-7-11(10)14-8-12-15-9-17-16-12/h9-11,14H,4-8H2,1-3H3. The van der Waals surface area contributed by atoms with Gasteiger partial charge in [0.25, 0.3) is 0 Å². The van der Waals surface area contributed by atoms with Gasteiger partial charge in [-0.05, 0) is 24.2 Å². The van der Waals surface area contributed by atoms with Crippen LogP contribution in [0.15, 0.2) is 10.9 Å². The summed E-state index contributed by atoms with van der Waals surface area (Å²) in [5.41, 5.74) is 0.370. The third-order valence-corrected chi connectivity index (χ3v) is 3.81. The summed E-state index contributed by atoms with van der Waals surface area (Å²) < 4.78 is 4.75. The SMILES string of the molecule is CC(C)(C)C1CCCCC1NCc1ncon1. The van der Waals surface area contributed by atoms with Gasteiger partial charge in [-0.1, -0.05) is 38.8 Å². The number of nitrogens with one attached hydrogen (secondary N) is 1. The minimum Gasteiger partial charge on any atom is -0.343 e. The number of hydrogen-bond acceptors (Lipinski definition) is 4. The first-order chi connectivity index (χ1) is 8.07. The molecule has 1 aromatic rings. The summed E-state index contributed by atoms with van der Waals surface area (Å²) in [6.07, 6.45) is 6.67. The molecule has 1 aliphatic rings. The van der Waals surface area contributed by atoms with Crippen LogP contribution in [0.5, 0.6) is 0 Å². The minimum atomic E-state index is 0.370. The maximum atomic E-state index is 4.75. The van der Waals surface area contributed by atoms with E-state index in [1.807, 2.05) is 0 Å². The van der Waals surface area contributed by atoms with Gasteiger partial charge in [0.05, 0.1) is 6.54 Å². The van der Waals surface area contributed by atoms with Gasteiger partial charge in [-0.25, -0.2) is 0 Å². The predicted molar refractivity (Wildman–Crippen MR) is 66.3 cm³/mol. The molecule has 2 unspecified atom stereocenters. The van der Waals surface area contributed by atoms with E-state index >= 15 is 0 Å². The Bertz CT molecular complexity index is 329. The maximum absolute atomic E-state index is 4.75. The Morgan fingerprint density at radius 3 is 2.76 bits per heavy atom. The molecule has 96 valence electrons. The first-order valence-corrected chi connectivity index (χ1v) is 6.56. The molecule has 1 N–H and O–H groups in total. The van der Waals surface area contributed by atoms with Crippen molar-refractivity contribution >= 4 is 0 Å². The molecule has 0 bridgehead atoms. The Labute approximate surface area is 103 Å². The van der Waals surface area contributed by atoms with E-state index in [4.69, 9.17) is 4.52 Å². The lowest BCUT2D eigenvalue weighted by molar-refractivity contribution is 0.129. The van der Waals surface area contributed by atoms with Crippen LogP contribution in [0.4, 0.5) is 0 Å². The summed E-state index contributed by atoms with van der Waals surface area (Å²) in [6.45, 7) is 7.73. The zero-order valence-electron chi connectivity index (χ0n) is 11.1. The topological polar surface area (TPSA) is 51.0 Å². The molecule has 17 heavy (non-hydrogen) atoms. The first kappa shape index (κ1) is 12.6. The lowest BCUT2D eigenvalue weighted by atomic mass is 9.69. The molecule has 0 aliphatic heterocycles. The molecular formula is C13H23N3O. The number of nitrogens with zero attached hydrogens (tertiary/aromatic N) is 2. The van der Waals surface area contributed by atoms with Crippen LogP contribution in [0.25, 0.3) is 0 Å². The molecular weight excluding hydrogens is 214 g/mol. The van der Waals surface area contributed by atoms with Crippen LogP contribution in [-0.4, -0.2) is 16.2 Å². The van der Waals surface area contributed by atoms with Gasteiger partial charge in [-0.15, -0.1) is 0 Å². The average molecular weight is 237 g/mol. The second kappa shape index (κ2) is 5.17. The summed E-state index contributed by atoms with van der Waals surface area (Å²) in [6, 6.07) is 0.585. The molecule has 1 aliphatic carbocycles. The van der Waals surface area contributed by atoms with E-state index in [1.54, 1.807) is 0 Å². The van der Waals surface area contributed by atoms with E-state index in [-0.39, 0.29) is 0 Å². The van der Waals surface area contributed by atoms with Crippen molar-refractivity contribution in [1.82, 2.24) is 15.5 Å². The molecule has 1 fully saturated rings. The fourth-order valence-corrected chi connectivity index (χ4v) is 2.90. The number of rotatable bonds is 3. The molecule has 2 atom stereocenters. The van der Waals surface area contributed by atoms with Crippen LogP contribution in [-0.2, 0) is 6.54 Å². The molecule has 1 saturated carbocycles. The van der Waals surface area contributed by atoms with Crippen LogP contribution in [0, 0.1) is 11.3 Å². The first-order valence-electron chi connectivity index (χ1n) is 6.56. The minimum absolute atomic E-state index is 0.370. The van der Waals surface area contributed by atoms with Crippen molar-refractivity contribution in [1.29, 1.82) is 0 Å². The van der Waals surface area contributed by atoms with Crippen LogP contribution >= 0.6 is 0 Å². The second-order valence-electron chi connectivity index (χ2n) is 6.09. The highest BCUT2D eigenvalue weighted by Crippen LogP contribution is 2.37. The Morgan fingerprint density at radius 1 is 1.35 bits per heavy atom. The second-order valence-corrected chi connectivity index (χ2v) is 6.09. The van der Waals surface area contributed by atoms with E-state index < -0.39 is 0 Å². The van der Waals surface area contributed by atoms with E-state index in [9.17, 15) is 0 Å². The van der Waals surface area contributed by atoms with Crippen molar-refractivity contribution in [2.75, 3.05) is 0 Å². The molecule has 1 heterocycles. The Morgan fingerprint density at radius 2 is 2.12 bits per heavy atom. The van der Waals surface area contributed by atoms with E-state index in [0.29, 0.717) is 18.0 Å². The molecule has 0 radical (unpaired) electrons. The van der Waals surface area contributed by atoms with Crippen LogP contribution in [0.3, 0.4) is 0 Å². The van der Waals surface area contributed by atoms with Gasteiger partial charge in [-0.2, -0.15) is 4.98 Å². The molecule has 4 nitrogen and oxygen atoms in total. The maximum Gasteiger partial charge on any atom is 0.213 e. The Kier molecular flexibility index (Phi) is 3.82. The van der Waals surface area contributed by atoms with Gasteiger partial charge >= 0.3 is 0 Å². The molecule has 0 amide bonds. The summed E-state index contributed by atoms with van der Waals surface area (Å²) in [5, 5.41) is 7.43. The zero-order chi connectivity index (χ0) is 12.3. The van der Waals surface area contributed by atoms with Crippen molar-refractivity contribution in [2.45, 2.75) is 59.0 Å². The van der Waals surface area contributed by atoms with Crippen LogP contribution < -0.4 is 5.32 Å². The monoisotopic (exact) mass is 237 g/mol. The Balaban J connectivity index is 1.92. The highest BCUT2D eigenvalue weighted by molar-refractivity contribution is 4.89. The highest BCUT2D eigenvalue weighted by Gasteiger charge is 2.33. The third kappa shape index (κ3) is 3.28. The van der Waals surface area contributed by atoms with Gasteiger partial charge in [0.1, 0.15) is 0 Å². The Hall–Kier alpha value is -0.900. The number of aromatic nitrogens is 2. The molecule has 1 aromatic heterocycles. The summed E-state index contributed by atoms with van der Waals surface area (Å²) in [5.74, 6) is 1.49. The van der Waals surface area contributed by atoms with Crippen LogP contribution in [0.2, 0.25) is 0 Å². The molecule has 0 spiro atoms. The van der Waals surface area contributed by atoms with Gasteiger partial charge < -0.3 is 9.84 Å². The normalized spacial score (nSPS) is 26.1. The molecule has 2 rings (SSSR count). The van der Waals surface area contributed by atoms with Crippen molar-refractivity contribution in [3.63, 3.8) is 0 Å². The van der Waals surface area contributed by atoms with Gasteiger partial charge in [0.2, 0.25) is 6.39 Å². The fraction of sp³-hybridized carbons (Fsp3) is 0.846. The predicted octanol–water partition coefficient (Wildman–Crippen LogP) is 2.76. The molecule has 0 saturated heterocycles. The zero-order valence-corrected chi connectivity index (χ0v) is 11.1. The van der Waals surface area contributed by atoms with Gasteiger partial charge in [-0.3, -0.25) is 0 Å². The van der Waals surface area contributed by atoms with Gasteiger partial charge in [0, 0.05) is 6.04 Å². The quantitative estimate of drug-likeness (QED) is 0.878. The molecule has 4 heteroatoms. The molecule has 0 aromatic carbocycles. The average Bonchev–Trinajstić information content (AvgIpc) is 2.78. The van der Waals surface area contributed by atoms with Crippen molar-refractivity contribution < 1.29 is 4.52 Å². The highest BCUT2D eigenvalue weighted by atomic mass is 16.5. The van der Waals surface area contributed by atoms with Gasteiger partial charge in [0.15, 0.2) is 5.82 Å². The fourth-order valence-electron chi connectivity index (χ4n) is 2.90. The summed E-state index contributed by atoms with van der Waals surface area (Å²) in [7, 11) is 0. The van der Waals surface area contributed by atoms with Crippen molar-refractivity contribution in [3.8, 4) is 0 Å². The summed E-state index contributed by atoms with van der Waals surface area (Å²) in [4.78, 5) is 4.05. The smallest absolute Gasteiger partial charge is 0.213 e. The van der Waals surface area contributed by atoms with Crippen molar-refractivity contribution in [2.24, 2.45) is 11.3 Å².